The maximum Gasteiger partial charge on any atom is 0.246 e. The van der Waals surface area contributed by atoms with Crippen LogP contribution < -0.4 is 9.47 Å². The van der Waals surface area contributed by atoms with Gasteiger partial charge >= 0.3 is 0 Å². The number of methoxy groups -OCH3 is 1. The fourth-order valence-electron chi connectivity index (χ4n) is 3.26. The Hall–Kier alpha value is -2.55. The average molecular weight is 465 g/mol. The molecule has 1 aliphatic heterocycles. The maximum absolute atomic E-state index is 12.8. The van der Waals surface area contributed by atoms with Crippen molar-refractivity contribution in [2.75, 3.05) is 39.9 Å². The first-order valence-electron chi connectivity index (χ1n) is 9.88. The van der Waals surface area contributed by atoms with Gasteiger partial charge in [0.15, 0.2) is 11.5 Å². The highest BCUT2D eigenvalue weighted by atomic mass is 35.5. The van der Waals surface area contributed by atoms with Crippen molar-refractivity contribution >= 4 is 33.6 Å². The van der Waals surface area contributed by atoms with Crippen molar-refractivity contribution in [3.63, 3.8) is 0 Å². The maximum atomic E-state index is 12.8. The molecule has 0 N–H and O–H groups in total. The minimum absolute atomic E-state index is 0.157. The average Bonchev–Trinajstić information content (AvgIpc) is 2.78. The monoisotopic (exact) mass is 464 g/mol. The van der Waals surface area contributed by atoms with Crippen molar-refractivity contribution < 1.29 is 22.7 Å². The van der Waals surface area contributed by atoms with E-state index >= 15 is 0 Å². The molecule has 9 heteroatoms. The van der Waals surface area contributed by atoms with Crippen LogP contribution in [0.15, 0.2) is 53.4 Å². The first-order chi connectivity index (χ1) is 14.8. The van der Waals surface area contributed by atoms with Gasteiger partial charge in [0.2, 0.25) is 15.9 Å². The summed E-state index contributed by atoms with van der Waals surface area (Å²) in [4.78, 5) is 14.4. The van der Waals surface area contributed by atoms with Crippen LogP contribution in [0.25, 0.3) is 6.08 Å². The Bertz CT molecular complexity index is 1060. The molecule has 1 saturated heterocycles. The van der Waals surface area contributed by atoms with Gasteiger partial charge in [0.05, 0.1) is 18.6 Å². The van der Waals surface area contributed by atoms with Crippen molar-refractivity contribution in [1.29, 1.82) is 0 Å². The summed E-state index contributed by atoms with van der Waals surface area (Å²) in [5.74, 6) is 1.06. The minimum atomic E-state index is -3.64. The summed E-state index contributed by atoms with van der Waals surface area (Å²) in [7, 11) is -2.08. The summed E-state index contributed by atoms with van der Waals surface area (Å²) in [6, 6.07) is 11.6. The van der Waals surface area contributed by atoms with Crippen LogP contribution in [0.2, 0.25) is 5.02 Å². The highest BCUT2D eigenvalue weighted by Crippen LogP contribution is 2.28. The molecule has 1 heterocycles. The number of hydrogen-bond acceptors (Lipinski definition) is 5. The van der Waals surface area contributed by atoms with Crippen molar-refractivity contribution in [3.8, 4) is 11.5 Å². The van der Waals surface area contributed by atoms with Gasteiger partial charge in [-0.2, -0.15) is 4.31 Å². The predicted molar refractivity (Wildman–Crippen MR) is 120 cm³/mol. The number of nitrogens with zero attached hydrogens (tertiary/aromatic N) is 2. The Kier molecular flexibility index (Phi) is 7.59. The Morgan fingerprint density at radius 2 is 1.84 bits per heavy atom. The van der Waals surface area contributed by atoms with Gasteiger partial charge < -0.3 is 14.4 Å². The lowest BCUT2D eigenvalue weighted by atomic mass is 10.2. The normalized spacial score (nSPS) is 15.3. The molecule has 0 radical (unpaired) electrons. The molecule has 0 aromatic heterocycles. The molecule has 0 unspecified atom stereocenters. The molecule has 0 atom stereocenters. The lowest BCUT2D eigenvalue weighted by Gasteiger charge is -2.33. The zero-order valence-electron chi connectivity index (χ0n) is 17.5. The molecular weight excluding hydrogens is 440 g/mol. The zero-order valence-corrected chi connectivity index (χ0v) is 19.0. The van der Waals surface area contributed by atoms with Crippen LogP contribution in [0, 0.1) is 0 Å². The van der Waals surface area contributed by atoms with Crippen LogP contribution in [0.3, 0.4) is 0 Å². The van der Waals surface area contributed by atoms with Crippen molar-refractivity contribution in [3.05, 3.63) is 59.1 Å². The second kappa shape index (κ2) is 10.2. The van der Waals surface area contributed by atoms with Gasteiger partial charge in [-0.3, -0.25) is 4.79 Å². The van der Waals surface area contributed by atoms with Crippen LogP contribution in [0.4, 0.5) is 0 Å². The van der Waals surface area contributed by atoms with E-state index in [-0.39, 0.29) is 23.9 Å². The number of benzene rings is 2. The van der Waals surface area contributed by atoms with E-state index in [9.17, 15) is 13.2 Å². The molecular formula is C22H25ClN2O5S. The van der Waals surface area contributed by atoms with E-state index in [0.29, 0.717) is 36.2 Å². The first kappa shape index (κ1) is 23.1. The molecule has 0 bridgehead atoms. The molecule has 1 aliphatic rings. The summed E-state index contributed by atoms with van der Waals surface area (Å²) in [5.41, 5.74) is 0.802. The van der Waals surface area contributed by atoms with Gasteiger partial charge in [-0.05, 0) is 48.9 Å². The first-order valence-corrected chi connectivity index (χ1v) is 11.7. The summed E-state index contributed by atoms with van der Waals surface area (Å²) in [5, 5.41) is 0.367. The number of sulfonamides is 1. The van der Waals surface area contributed by atoms with E-state index < -0.39 is 10.0 Å². The van der Waals surface area contributed by atoms with Gasteiger partial charge in [0, 0.05) is 37.3 Å². The van der Waals surface area contributed by atoms with Crippen LogP contribution in [-0.2, 0) is 14.8 Å². The quantitative estimate of drug-likeness (QED) is 0.588. The van der Waals surface area contributed by atoms with Crippen LogP contribution >= 0.6 is 11.6 Å². The van der Waals surface area contributed by atoms with Crippen molar-refractivity contribution in [1.82, 2.24) is 9.21 Å². The van der Waals surface area contributed by atoms with E-state index in [2.05, 4.69) is 0 Å². The SMILES string of the molecule is CCOc1ccc(C=CC(=O)N2CCN(S(=O)(=O)c3cccc(Cl)c3)CC2)cc1OC. The number of halogens is 1. The Labute approximate surface area is 187 Å². The number of hydrogen-bond donors (Lipinski definition) is 0. The van der Waals surface area contributed by atoms with Gasteiger partial charge in [-0.25, -0.2) is 8.42 Å². The molecule has 7 nitrogen and oxygen atoms in total. The third-order valence-electron chi connectivity index (χ3n) is 4.89. The van der Waals surface area contributed by atoms with E-state index in [1.807, 2.05) is 13.0 Å². The van der Waals surface area contributed by atoms with Crippen LogP contribution in [-0.4, -0.2) is 63.4 Å². The van der Waals surface area contributed by atoms with Crippen LogP contribution in [0.1, 0.15) is 12.5 Å². The molecule has 31 heavy (non-hydrogen) atoms. The molecule has 2 aromatic carbocycles. The summed E-state index contributed by atoms with van der Waals surface area (Å²) in [6.45, 7) is 3.51. The lowest BCUT2D eigenvalue weighted by molar-refractivity contribution is -0.127. The van der Waals surface area contributed by atoms with E-state index in [1.165, 1.54) is 22.5 Å². The van der Waals surface area contributed by atoms with Crippen molar-refractivity contribution in [2.24, 2.45) is 0 Å². The summed E-state index contributed by atoms with van der Waals surface area (Å²) in [6.07, 6.45) is 3.19. The van der Waals surface area contributed by atoms with E-state index in [0.717, 1.165) is 5.56 Å². The van der Waals surface area contributed by atoms with E-state index in [4.69, 9.17) is 21.1 Å². The van der Waals surface area contributed by atoms with Gasteiger partial charge in [0.25, 0.3) is 0 Å². The molecule has 3 rings (SSSR count). The number of amides is 1. The number of rotatable bonds is 7. The largest absolute Gasteiger partial charge is 0.493 e. The molecule has 0 spiro atoms. The highest BCUT2D eigenvalue weighted by Gasteiger charge is 2.29. The second-order valence-corrected chi connectivity index (χ2v) is 9.24. The summed E-state index contributed by atoms with van der Waals surface area (Å²) >= 11 is 5.92. The molecule has 2 aromatic rings. The highest BCUT2D eigenvalue weighted by molar-refractivity contribution is 7.89. The molecule has 0 aliphatic carbocycles. The lowest BCUT2D eigenvalue weighted by Crippen LogP contribution is -2.50. The number of carbonyl (C=O) groups excluding carboxylic acids is 1. The zero-order chi connectivity index (χ0) is 22.4. The number of carbonyl (C=O) groups is 1. The third kappa shape index (κ3) is 5.58. The smallest absolute Gasteiger partial charge is 0.246 e. The van der Waals surface area contributed by atoms with Crippen LogP contribution in [0.5, 0.6) is 11.5 Å². The Balaban J connectivity index is 1.61. The second-order valence-electron chi connectivity index (χ2n) is 6.86. The number of ether oxygens (including phenoxy) is 2. The predicted octanol–water partition coefficient (Wildman–Crippen LogP) is 3.29. The molecule has 0 saturated carbocycles. The molecule has 1 fully saturated rings. The van der Waals surface area contributed by atoms with Gasteiger partial charge in [-0.1, -0.05) is 23.7 Å². The fraction of sp³-hybridized carbons (Fsp3) is 0.318. The Morgan fingerprint density at radius 1 is 1.10 bits per heavy atom. The minimum Gasteiger partial charge on any atom is -0.493 e. The topological polar surface area (TPSA) is 76.2 Å². The van der Waals surface area contributed by atoms with Gasteiger partial charge in [0.1, 0.15) is 0 Å². The fourth-order valence-corrected chi connectivity index (χ4v) is 4.98. The molecule has 166 valence electrons. The molecule has 1 amide bonds. The number of piperazine rings is 1. The Morgan fingerprint density at radius 3 is 2.48 bits per heavy atom. The van der Waals surface area contributed by atoms with Gasteiger partial charge in [-0.15, -0.1) is 0 Å². The third-order valence-corrected chi connectivity index (χ3v) is 7.02. The van der Waals surface area contributed by atoms with E-state index in [1.54, 1.807) is 42.4 Å². The van der Waals surface area contributed by atoms with Crippen molar-refractivity contribution in [2.45, 2.75) is 11.8 Å². The standard InChI is InChI=1S/C22H25ClN2O5S/c1-3-30-20-9-7-17(15-21(20)29-2)8-10-22(26)24-11-13-25(14-12-24)31(27,28)19-6-4-5-18(23)16-19/h4-10,15-16H,3,11-14H2,1-2H3. The summed E-state index contributed by atoms with van der Waals surface area (Å²) < 4.78 is 37.8.